The lowest BCUT2D eigenvalue weighted by Gasteiger charge is -2.10. The van der Waals surface area contributed by atoms with Gasteiger partial charge in [0.05, 0.1) is 17.6 Å². The van der Waals surface area contributed by atoms with Crippen LogP contribution < -0.4 is 10.6 Å². The molecule has 7 heteroatoms. The number of aryl methyl sites for hydroxylation is 2. The third kappa shape index (κ3) is 5.57. The molecule has 0 radical (unpaired) electrons. The summed E-state index contributed by atoms with van der Waals surface area (Å²) >= 11 is 0. The average molecular weight is 443 g/mol. The first-order valence-electron chi connectivity index (χ1n) is 10.9. The monoisotopic (exact) mass is 442 g/mol. The summed E-state index contributed by atoms with van der Waals surface area (Å²) in [7, 11) is 0. The maximum absolute atomic E-state index is 11.9. The SMILES string of the molecule is CCOC(=O)CNC(=O)Nc1ccc(CCc2nc3ccccc3n2-c2ccccc2)cc1. The summed E-state index contributed by atoms with van der Waals surface area (Å²) in [6.07, 6.45) is 1.59. The molecule has 1 heterocycles. The molecule has 4 rings (SSSR count). The highest BCUT2D eigenvalue weighted by Gasteiger charge is 2.12. The number of amides is 2. The van der Waals surface area contributed by atoms with E-state index in [9.17, 15) is 9.59 Å². The number of anilines is 1. The molecular formula is C26H26N4O3. The van der Waals surface area contributed by atoms with Crippen LogP contribution in [0.4, 0.5) is 10.5 Å². The van der Waals surface area contributed by atoms with Gasteiger partial charge in [0.25, 0.3) is 0 Å². The van der Waals surface area contributed by atoms with Crippen molar-refractivity contribution in [2.45, 2.75) is 19.8 Å². The molecule has 168 valence electrons. The number of urea groups is 1. The Morgan fingerprint density at radius 1 is 0.909 bits per heavy atom. The molecule has 0 saturated heterocycles. The number of nitrogens with zero attached hydrogens (tertiary/aromatic N) is 2. The molecule has 0 spiro atoms. The van der Waals surface area contributed by atoms with Crippen molar-refractivity contribution in [3.63, 3.8) is 0 Å². The Kier molecular flexibility index (Phi) is 6.99. The number of carbonyl (C=O) groups is 2. The topological polar surface area (TPSA) is 85.2 Å². The molecule has 0 aliphatic carbocycles. The van der Waals surface area contributed by atoms with E-state index in [2.05, 4.69) is 33.4 Å². The maximum atomic E-state index is 11.9. The fourth-order valence-corrected chi connectivity index (χ4v) is 3.66. The van der Waals surface area contributed by atoms with Crippen molar-refractivity contribution in [2.75, 3.05) is 18.5 Å². The number of esters is 1. The zero-order valence-corrected chi connectivity index (χ0v) is 18.5. The molecule has 3 aromatic carbocycles. The first kappa shape index (κ1) is 22.1. The van der Waals surface area contributed by atoms with Gasteiger partial charge in [0.15, 0.2) is 0 Å². The minimum atomic E-state index is -0.468. The number of para-hydroxylation sites is 3. The van der Waals surface area contributed by atoms with Gasteiger partial charge < -0.3 is 15.4 Å². The van der Waals surface area contributed by atoms with Crippen molar-refractivity contribution < 1.29 is 14.3 Å². The van der Waals surface area contributed by atoms with E-state index in [1.165, 1.54) is 0 Å². The van der Waals surface area contributed by atoms with Crippen molar-refractivity contribution in [2.24, 2.45) is 0 Å². The van der Waals surface area contributed by atoms with E-state index < -0.39 is 12.0 Å². The van der Waals surface area contributed by atoms with Crippen LogP contribution in [0, 0.1) is 0 Å². The largest absolute Gasteiger partial charge is 0.465 e. The van der Waals surface area contributed by atoms with Gasteiger partial charge in [-0.3, -0.25) is 9.36 Å². The number of imidazole rings is 1. The Hall–Kier alpha value is -4.13. The molecule has 0 aliphatic heterocycles. The highest BCUT2D eigenvalue weighted by atomic mass is 16.5. The Balaban J connectivity index is 1.41. The van der Waals surface area contributed by atoms with Crippen LogP contribution in [0.1, 0.15) is 18.3 Å². The number of rotatable bonds is 8. The highest BCUT2D eigenvalue weighted by Crippen LogP contribution is 2.22. The Morgan fingerprint density at radius 2 is 1.64 bits per heavy atom. The third-order valence-corrected chi connectivity index (χ3v) is 5.19. The zero-order chi connectivity index (χ0) is 23.0. The second-order valence-corrected chi connectivity index (χ2v) is 7.50. The second-order valence-electron chi connectivity index (χ2n) is 7.50. The summed E-state index contributed by atoms with van der Waals surface area (Å²) in [5.74, 6) is 0.535. The number of hydrogen-bond donors (Lipinski definition) is 2. The van der Waals surface area contributed by atoms with Crippen LogP contribution in [0.15, 0.2) is 78.9 Å². The Morgan fingerprint density at radius 3 is 2.39 bits per heavy atom. The van der Waals surface area contributed by atoms with Gasteiger partial charge in [-0.25, -0.2) is 9.78 Å². The Bertz CT molecular complexity index is 1230. The lowest BCUT2D eigenvalue weighted by Crippen LogP contribution is -2.34. The molecule has 2 N–H and O–H groups in total. The zero-order valence-electron chi connectivity index (χ0n) is 18.5. The quantitative estimate of drug-likeness (QED) is 0.394. The van der Waals surface area contributed by atoms with E-state index in [1.807, 2.05) is 60.7 Å². The van der Waals surface area contributed by atoms with Crippen molar-refractivity contribution in [3.8, 4) is 5.69 Å². The van der Waals surface area contributed by atoms with E-state index in [1.54, 1.807) is 6.92 Å². The molecule has 1 aromatic heterocycles. The lowest BCUT2D eigenvalue weighted by atomic mass is 10.1. The van der Waals surface area contributed by atoms with Crippen LogP contribution in [-0.4, -0.2) is 34.7 Å². The predicted octanol–water partition coefficient (Wildman–Crippen LogP) is 4.50. The summed E-state index contributed by atoms with van der Waals surface area (Å²) in [5, 5.41) is 5.19. The van der Waals surface area contributed by atoms with Crippen LogP contribution >= 0.6 is 0 Å². The van der Waals surface area contributed by atoms with Crippen molar-refractivity contribution in [1.29, 1.82) is 0 Å². The summed E-state index contributed by atoms with van der Waals surface area (Å²) in [6, 6.07) is 25.6. The number of fused-ring (bicyclic) bond motifs is 1. The molecule has 0 unspecified atom stereocenters. The number of benzene rings is 3. The van der Waals surface area contributed by atoms with Crippen LogP contribution in [0.3, 0.4) is 0 Å². The number of carbonyl (C=O) groups excluding carboxylic acids is 2. The minimum absolute atomic E-state index is 0.166. The number of ether oxygens (including phenoxy) is 1. The molecule has 4 aromatic rings. The Labute approximate surface area is 192 Å². The van der Waals surface area contributed by atoms with Gasteiger partial charge in [-0.15, -0.1) is 0 Å². The molecule has 0 aliphatic rings. The lowest BCUT2D eigenvalue weighted by molar-refractivity contribution is -0.141. The molecule has 2 amide bonds. The number of hydrogen-bond acceptors (Lipinski definition) is 4. The van der Waals surface area contributed by atoms with E-state index >= 15 is 0 Å². The second kappa shape index (κ2) is 10.5. The van der Waals surface area contributed by atoms with Crippen molar-refractivity contribution >= 4 is 28.7 Å². The van der Waals surface area contributed by atoms with E-state index in [0.29, 0.717) is 5.69 Å². The van der Waals surface area contributed by atoms with E-state index in [4.69, 9.17) is 9.72 Å². The fourth-order valence-electron chi connectivity index (χ4n) is 3.66. The predicted molar refractivity (Wildman–Crippen MR) is 129 cm³/mol. The molecular weight excluding hydrogens is 416 g/mol. The third-order valence-electron chi connectivity index (χ3n) is 5.19. The van der Waals surface area contributed by atoms with Gasteiger partial charge in [-0.2, -0.15) is 0 Å². The van der Waals surface area contributed by atoms with Gasteiger partial charge >= 0.3 is 12.0 Å². The highest BCUT2D eigenvalue weighted by molar-refractivity contribution is 5.91. The standard InChI is InChI=1S/C26H26N4O3/c1-2-33-25(31)18-27-26(32)28-20-15-12-19(13-16-20)14-17-24-29-22-10-6-7-11-23(22)30(24)21-8-4-3-5-9-21/h3-13,15-16H,2,14,17-18H2,1H3,(H2,27,28,32). The number of aromatic nitrogens is 2. The van der Waals surface area contributed by atoms with Crippen molar-refractivity contribution in [3.05, 3.63) is 90.3 Å². The molecule has 0 fully saturated rings. The molecule has 0 atom stereocenters. The molecule has 0 saturated carbocycles. The van der Waals surface area contributed by atoms with E-state index in [0.717, 1.165) is 41.0 Å². The van der Waals surface area contributed by atoms with Gasteiger partial charge in [0.1, 0.15) is 12.4 Å². The average Bonchev–Trinajstić information content (AvgIpc) is 3.21. The van der Waals surface area contributed by atoms with Crippen molar-refractivity contribution in [1.82, 2.24) is 14.9 Å². The van der Waals surface area contributed by atoms with Crippen LogP contribution in [-0.2, 0) is 22.4 Å². The maximum Gasteiger partial charge on any atom is 0.325 e. The molecule has 0 bridgehead atoms. The van der Waals surface area contributed by atoms with Gasteiger partial charge in [0.2, 0.25) is 0 Å². The normalized spacial score (nSPS) is 10.7. The molecule has 7 nitrogen and oxygen atoms in total. The van der Waals surface area contributed by atoms with Crippen LogP contribution in [0.25, 0.3) is 16.7 Å². The summed E-state index contributed by atoms with van der Waals surface area (Å²) in [4.78, 5) is 28.1. The van der Waals surface area contributed by atoms with Gasteiger partial charge in [0, 0.05) is 17.8 Å². The minimum Gasteiger partial charge on any atom is -0.465 e. The summed E-state index contributed by atoms with van der Waals surface area (Å²) < 4.78 is 7.00. The fraction of sp³-hybridized carbons (Fsp3) is 0.192. The van der Waals surface area contributed by atoms with Crippen LogP contribution in [0.5, 0.6) is 0 Å². The number of nitrogens with one attached hydrogen (secondary N) is 2. The first-order valence-corrected chi connectivity index (χ1v) is 10.9. The van der Waals surface area contributed by atoms with E-state index in [-0.39, 0.29) is 13.2 Å². The van der Waals surface area contributed by atoms with Gasteiger partial charge in [-0.1, -0.05) is 42.5 Å². The molecule has 33 heavy (non-hydrogen) atoms. The van der Waals surface area contributed by atoms with Gasteiger partial charge in [-0.05, 0) is 55.3 Å². The van der Waals surface area contributed by atoms with Crippen LogP contribution in [0.2, 0.25) is 0 Å². The smallest absolute Gasteiger partial charge is 0.325 e. The first-order chi connectivity index (χ1) is 16.1. The summed E-state index contributed by atoms with van der Waals surface area (Å²) in [5.41, 5.74) is 4.95. The summed E-state index contributed by atoms with van der Waals surface area (Å²) in [6.45, 7) is 1.84.